The van der Waals surface area contributed by atoms with Crippen molar-refractivity contribution in [2.45, 2.75) is 38.8 Å². The molecule has 1 aliphatic rings. The third-order valence-corrected chi connectivity index (χ3v) is 2.51. The SMILES string of the molecule is Cc1cc2n(n1)[C@@H](C)C[C@H](C(F)F)N2. The highest BCUT2D eigenvalue weighted by atomic mass is 19.3. The highest BCUT2D eigenvalue weighted by molar-refractivity contribution is 5.40. The molecule has 1 aromatic heterocycles. The van der Waals surface area contributed by atoms with Crippen LogP contribution in [0.15, 0.2) is 6.07 Å². The Labute approximate surface area is 81.1 Å². The Morgan fingerprint density at radius 3 is 3.00 bits per heavy atom. The Morgan fingerprint density at radius 2 is 2.36 bits per heavy atom. The summed E-state index contributed by atoms with van der Waals surface area (Å²) >= 11 is 0. The summed E-state index contributed by atoms with van der Waals surface area (Å²) in [7, 11) is 0. The number of aromatic nitrogens is 2. The molecule has 2 atom stereocenters. The van der Waals surface area contributed by atoms with E-state index in [1.54, 1.807) is 10.7 Å². The van der Waals surface area contributed by atoms with Gasteiger partial charge in [0, 0.05) is 6.07 Å². The molecule has 0 bridgehead atoms. The first kappa shape index (κ1) is 9.43. The van der Waals surface area contributed by atoms with Gasteiger partial charge in [0.15, 0.2) is 0 Å². The largest absolute Gasteiger partial charge is 0.362 e. The molecule has 14 heavy (non-hydrogen) atoms. The second-order valence-electron chi connectivity index (χ2n) is 3.79. The van der Waals surface area contributed by atoms with Gasteiger partial charge in [-0.2, -0.15) is 5.10 Å². The van der Waals surface area contributed by atoms with E-state index in [9.17, 15) is 8.78 Å². The van der Waals surface area contributed by atoms with Crippen LogP contribution in [0.25, 0.3) is 0 Å². The summed E-state index contributed by atoms with van der Waals surface area (Å²) in [5, 5.41) is 7.03. The van der Waals surface area contributed by atoms with E-state index >= 15 is 0 Å². The lowest BCUT2D eigenvalue weighted by Crippen LogP contribution is -2.36. The van der Waals surface area contributed by atoms with Gasteiger partial charge in [0.1, 0.15) is 5.82 Å². The fourth-order valence-electron chi connectivity index (χ4n) is 1.84. The first-order chi connectivity index (χ1) is 6.58. The number of aryl methyl sites for hydroxylation is 1. The van der Waals surface area contributed by atoms with Gasteiger partial charge in [0.25, 0.3) is 6.43 Å². The van der Waals surface area contributed by atoms with Crippen molar-refractivity contribution in [2.24, 2.45) is 0 Å². The third-order valence-electron chi connectivity index (χ3n) is 2.51. The molecule has 2 heterocycles. The number of hydrogen-bond donors (Lipinski definition) is 1. The zero-order valence-electron chi connectivity index (χ0n) is 8.17. The van der Waals surface area contributed by atoms with Gasteiger partial charge in [-0.05, 0) is 20.3 Å². The maximum Gasteiger partial charge on any atom is 0.258 e. The first-order valence-electron chi connectivity index (χ1n) is 4.69. The lowest BCUT2D eigenvalue weighted by molar-refractivity contribution is 0.108. The van der Waals surface area contributed by atoms with Gasteiger partial charge in [0.05, 0.1) is 17.8 Å². The van der Waals surface area contributed by atoms with Gasteiger partial charge < -0.3 is 5.32 Å². The minimum absolute atomic E-state index is 0.0407. The van der Waals surface area contributed by atoms with Gasteiger partial charge in [-0.15, -0.1) is 0 Å². The number of nitrogens with zero attached hydrogens (tertiary/aromatic N) is 2. The molecule has 1 aromatic rings. The molecule has 3 nitrogen and oxygen atoms in total. The second-order valence-corrected chi connectivity index (χ2v) is 3.79. The number of hydrogen-bond acceptors (Lipinski definition) is 2. The van der Waals surface area contributed by atoms with E-state index in [0.717, 1.165) is 5.69 Å². The number of halogens is 2. The Morgan fingerprint density at radius 1 is 1.64 bits per heavy atom. The smallest absolute Gasteiger partial charge is 0.258 e. The predicted molar refractivity (Wildman–Crippen MR) is 49.7 cm³/mol. The topological polar surface area (TPSA) is 29.9 Å². The fourth-order valence-corrected chi connectivity index (χ4v) is 1.84. The van der Waals surface area contributed by atoms with E-state index in [2.05, 4.69) is 10.4 Å². The Bertz CT molecular complexity index is 335. The van der Waals surface area contributed by atoms with E-state index in [1.165, 1.54) is 0 Å². The summed E-state index contributed by atoms with van der Waals surface area (Å²) in [6, 6.07) is 1.10. The van der Waals surface area contributed by atoms with Gasteiger partial charge in [-0.3, -0.25) is 0 Å². The van der Waals surface area contributed by atoms with Crippen LogP contribution in [0.2, 0.25) is 0 Å². The van der Waals surface area contributed by atoms with Crippen LogP contribution in [0.3, 0.4) is 0 Å². The highest BCUT2D eigenvalue weighted by Crippen LogP contribution is 2.29. The average molecular weight is 201 g/mol. The first-order valence-corrected chi connectivity index (χ1v) is 4.69. The summed E-state index contributed by atoms with van der Waals surface area (Å²) in [4.78, 5) is 0. The lowest BCUT2D eigenvalue weighted by atomic mass is 10.1. The number of rotatable bonds is 1. The van der Waals surface area contributed by atoms with Gasteiger partial charge in [-0.1, -0.05) is 0 Å². The second kappa shape index (κ2) is 3.22. The maximum atomic E-state index is 12.5. The molecular weight excluding hydrogens is 188 g/mol. The molecule has 0 fully saturated rings. The normalized spacial score (nSPS) is 26.1. The molecule has 1 aliphatic heterocycles. The van der Waals surface area contributed by atoms with Crippen LogP contribution in [-0.4, -0.2) is 22.2 Å². The maximum absolute atomic E-state index is 12.5. The minimum atomic E-state index is -2.32. The van der Waals surface area contributed by atoms with Crippen molar-refractivity contribution in [3.63, 3.8) is 0 Å². The van der Waals surface area contributed by atoms with Crippen LogP contribution in [0, 0.1) is 6.92 Å². The summed E-state index contributed by atoms with van der Waals surface area (Å²) < 4.78 is 26.8. The summed E-state index contributed by atoms with van der Waals surface area (Å²) in [6.07, 6.45) is -1.90. The Hall–Kier alpha value is -1.13. The molecule has 0 amide bonds. The standard InChI is InChI=1S/C9H13F2N3/c1-5-3-8-12-7(9(10)11)4-6(2)14(8)13-5/h3,6-7,9,12H,4H2,1-2H3/t6-,7+/m0/s1. The van der Waals surface area contributed by atoms with Crippen LogP contribution < -0.4 is 5.32 Å². The Kier molecular flexibility index (Phi) is 2.17. The lowest BCUT2D eigenvalue weighted by Gasteiger charge is -2.29. The molecule has 78 valence electrons. The van der Waals surface area contributed by atoms with E-state index in [-0.39, 0.29) is 6.04 Å². The number of anilines is 1. The van der Waals surface area contributed by atoms with Crippen molar-refractivity contribution in [1.82, 2.24) is 9.78 Å². The number of nitrogens with one attached hydrogen (secondary N) is 1. The van der Waals surface area contributed by atoms with Crippen molar-refractivity contribution in [2.75, 3.05) is 5.32 Å². The highest BCUT2D eigenvalue weighted by Gasteiger charge is 2.30. The van der Waals surface area contributed by atoms with E-state index in [0.29, 0.717) is 12.2 Å². The van der Waals surface area contributed by atoms with E-state index in [4.69, 9.17) is 0 Å². The van der Waals surface area contributed by atoms with Crippen molar-refractivity contribution in [3.05, 3.63) is 11.8 Å². The molecule has 2 rings (SSSR count). The third kappa shape index (κ3) is 1.47. The molecule has 0 spiro atoms. The molecule has 0 radical (unpaired) electrons. The monoisotopic (exact) mass is 201 g/mol. The molecule has 1 N–H and O–H groups in total. The van der Waals surface area contributed by atoms with Gasteiger partial charge >= 0.3 is 0 Å². The minimum Gasteiger partial charge on any atom is -0.362 e. The fraction of sp³-hybridized carbons (Fsp3) is 0.667. The van der Waals surface area contributed by atoms with E-state index < -0.39 is 12.5 Å². The molecule has 0 unspecified atom stereocenters. The Balaban J connectivity index is 2.28. The zero-order chi connectivity index (χ0) is 10.3. The van der Waals surface area contributed by atoms with Crippen LogP contribution in [0.4, 0.5) is 14.6 Å². The predicted octanol–water partition coefficient (Wildman–Crippen LogP) is 2.20. The van der Waals surface area contributed by atoms with Crippen LogP contribution >= 0.6 is 0 Å². The van der Waals surface area contributed by atoms with Crippen LogP contribution in [0.5, 0.6) is 0 Å². The molecule has 0 saturated heterocycles. The number of fused-ring (bicyclic) bond motifs is 1. The van der Waals surface area contributed by atoms with Crippen molar-refractivity contribution in [1.29, 1.82) is 0 Å². The summed E-state index contributed by atoms with van der Waals surface area (Å²) in [5.74, 6) is 0.701. The molecular formula is C9H13F2N3. The van der Waals surface area contributed by atoms with Gasteiger partial charge in [0.2, 0.25) is 0 Å². The van der Waals surface area contributed by atoms with Crippen molar-refractivity contribution < 1.29 is 8.78 Å². The molecule has 0 aliphatic carbocycles. The van der Waals surface area contributed by atoms with Crippen LogP contribution in [0.1, 0.15) is 25.1 Å². The van der Waals surface area contributed by atoms with Gasteiger partial charge in [-0.25, -0.2) is 13.5 Å². The van der Waals surface area contributed by atoms with Crippen molar-refractivity contribution in [3.8, 4) is 0 Å². The van der Waals surface area contributed by atoms with Crippen LogP contribution in [-0.2, 0) is 0 Å². The summed E-state index contributed by atoms with van der Waals surface area (Å²) in [6.45, 7) is 3.77. The quantitative estimate of drug-likeness (QED) is 0.754. The number of alkyl halides is 2. The zero-order valence-corrected chi connectivity index (χ0v) is 8.17. The molecule has 0 aromatic carbocycles. The summed E-state index contributed by atoms with van der Waals surface area (Å²) in [5.41, 5.74) is 0.856. The molecule has 5 heteroatoms. The average Bonchev–Trinajstić information content (AvgIpc) is 2.45. The molecule has 0 saturated carbocycles. The van der Waals surface area contributed by atoms with E-state index in [1.807, 2.05) is 13.8 Å². The van der Waals surface area contributed by atoms with Crippen molar-refractivity contribution >= 4 is 5.82 Å².